The first kappa shape index (κ1) is 21.8. The van der Waals surface area contributed by atoms with E-state index >= 15 is 0 Å². The molecular formula is C22H21Cl2N3O4. The van der Waals surface area contributed by atoms with E-state index in [9.17, 15) is 14.7 Å². The molecule has 1 atom stereocenters. The predicted molar refractivity (Wildman–Crippen MR) is 117 cm³/mol. The number of halogens is 2. The van der Waals surface area contributed by atoms with Gasteiger partial charge in [-0.25, -0.2) is 0 Å². The number of benzene rings is 1. The lowest BCUT2D eigenvalue weighted by molar-refractivity contribution is -0.140. The van der Waals surface area contributed by atoms with Crippen molar-refractivity contribution in [3.63, 3.8) is 0 Å². The maximum absolute atomic E-state index is 13.0. The van der Waals surface area contributed by atoms with E-state index in [2.05, 4.69) is 9.88 Å². The molecular weight excluding hydrogens is 441 g/mol. The van der Waals surface area contributed by atoms with Crippen LogP contribution in [0.5, 0.6) is 0 Å². The molecule has 4 rings (SSSR count). The standard InChI is InChI=1S/C22H21Cl2N3O4/c23-16-2-1-15(13-17(16)24)19-18(20(28)14-3-5-25-6-4-14)21(29)22(30)27(19)8-7-26-9-11-31-12-10-26/h1-6,13,19,28H,7-12H2/b20-18+. The van der Waals surface area contributed by atoms with Crippen LogP contribution in [0.15, 0.2) is 48.3 Å². The van der Waals surface area contributed by atoms with E-state index in [-0.39, 0.29) is 11.3 Å². The summed E-state index contributed by atoms with van der Waals surface area (Å²) in [6.45, 7) is 3.71. The number of ketones is 1. The van der Waals surface area contributed by atoms with Gasteiger partial charge in [-0.2, -0.15) is 0 Å². The number of aliphatic hydroxyl groups is 1. The van der Waals surface area contributed by atoms with Crippen LogP contribution in [0.4, 0.5) is 0 Å². The molecule has 3 heterocycles. The molecule has 0 spiro atoms. The van der Waals surface area contributed by atoms with Gasteiger partial charge in [-0.3, -0.25) is 19.5 Å². The first-order valence-electron chi connectivity index (χ1n) is 9.91. The summed E-state index contributed by atoms with van der Waals surface area (Å²) in [4.78, 5) is 33.6. The Morgan fingerprint density at radius 3 is 2.45 bits per heavy atom. The molecule has 1 aromatic carbocycles. The van der Waals surface area contributed by atoms with Crippen LogP contribution < -0.4 is 0 Å². The molecule has 2 aliphatic rings. The van der Waals surface area contributed by atoms with Crippen molar-refractivity contribution in [2.45, 2.75) is 6.04 Å². The first-order valence-corrected chi connectivity index (χ1v) is 10.7. The Kier molecular flexibility index (Phi) is 6.57. The van der Waals surface area contributed by atoms with Gasteiger partial charge < -0.3 is 14.7 Å². The van der Waals surface area contributed by atoms with Crippen molar-refractivity contribution in [1.82, 2.24) is 14.8 Å². The molecule has 0 aliphatic carbocycles. The fourth-order valence-corrected chi connectivity index (χ4v) is 4.19. The van der Waals surface area contributed by atoms with E-state index in [4.69, 9.17) is 27.9 Å². The highest BCUT2D eigenvalue weighted by molar-refractivity contribution is 6.46. The highest BCUT2D eigenvalue weighted by Crippen LogP contribution is 2.40. The zero-order valence-corrected chi connectivity index (χ0v) is 18.1. The van der Waals surface area contributed by atoms with Gasteiger partial charge >= 0.3 is 0 Å². The van der Waals surface area contributed by atoms with Crippen molar-refractivity contribution in [3.05, 3.63) is 69.5 Å². The van der Waals surface area contributed by atoms with Crippen LogP contribution >= 0.6 is 23.2 Å². The number of ether oxygens (including phenoxy) is 1. The fourth-order valence-electron chi connectivity index (χ4n) is 3.88. The van der Waals surface area contributed by atoms with Gasteiger partial charge in [-0.15, -0.1) is 0 Å². The Labute approximate surface area is 189 Å². The molecule has 1 N–H and O–H groups in total. The van der Waals surface area contributed by atoms with Gasteiger partial charge in [0.15, 0.2) is 0 Å². The first-order chi connectivity index (χ1) is 15.0. The zero-order chi connectivity index (χ0) is 22.0. The SMILES string of the molecule is O=C1C(=O)N(CCN2CCOCC2)C(c2ccc(Cl)c(Cl)c2)/C1=C(\O)c1ccncc1. The number of aliphatic hydroxyl groups excluding tert-OH is 1. The van der Waals surface area contributed by atoms with Crippen LogP contribution in [-0.4, -0.2) is 71.0 Å². The minimum atomic E-state index is -0.774. The van der Waals surface area contributed by atoms with E-state index in [0.29, 0.717) is 47.5 Å². The summed E-state index contributed by atoms with van der Waals surface area (Å²) in [5, 5.41) is 11.6. The Morgan fingerprint density at radius 1 is 1.06 bits per heavy atom. The number of rotatable bonds is 5. The average Bonchev–Trinajstić information content (AvgIpc) is 3.05. The quantitative estimate of drug-likeness (QED) is 0.418. The number of carbonyl (C=O) groups excluding carboxylic acids is 2. The molecule has 1 amide bonds. The number of likely N-dealkylation sites (tertiary alicyclic amines) is 1. The molecule has 2 fully saturated rings. The minimum Gasteiger partial charge on any atom is -0.507 e. The number of morpholine rings is 1. The van der Waals surface area contributed by atoms with Gasteiger partial charge in [0.25, 0.3) is 11.7 Å². The number of Topliss-reactive ketones (excluding diaryl/α,β-unsaturated/α-hetero) is 1. The minimum absolute atomic E-state index is 0.0246. The van der Waals surface area contributed by atoms with Crippen LogP contribution in [0.2, 0.25) is 10.0 Å². The number of nitrogens with zero attached hydrogens (tertiary/aromatic N) is 3. The summed E-state index contributed by atoms with van der Waals surface area (Å²) >= 11 is 12.3. The lowest BCUT2D eigenvalue weighted by Crippen LogP contribution is -2.42. The van der Waals surface area contributed by atoms with Crippen molar-refractivity contribution < 1.29 is 19.4 Å². The molecule has 9 heteroatoms. The second kappa shape index (κ2) is 9.36. The number of hydrogen-bond acceptors (Lipinski definition) is 6. The highest BCUT2D eigenvalue weighted by atomic mass is 35.5. The molecule has 0 saturated carbocycles. The summed E-state index contributed by atoms with van der Waals surface area (Å²) in [5.74, 6) is -1.63. The maximum atomic E-state index is 13.0. The third-order valence-electron chi connectivity index (χ3n) is 5.51. The lowest BCUT2D eigenvalue weighted by Gasteiger charge is -2.31. The summed E-state index contributed by atoms with van der Waals surface area (Å²) < 4.78 is 5.37. The molecule has 162 valence electrons. The highest BCUT2D eigenvalue weighted by Gasteiger charge is 2.46. The number of aromatic nitrogens is 1. The monoisotopic (exact) mass is 461 g/mol. The number of carbonyl (C=O) groups is 2. The third kappa shape index (κ3) is 4.45. The van der Waals surface area contributed by atoms with E-state index in [1.807, 2.05) is 0 Å². The maximum Gasteiger partial charge on any atom is 0.295 e. The average molecular weight is 462 g/mol. The van der Waals surface area contributed by atoms with Gasteiger partial charge in [0.2, 0.25) is 0 Å². The number of amides is 1. The van der Waals surface area contributed by atoms with Crippen molar-refractivity contribution in [2.75, 3.05) is 39.4 Å². The van der Waals surface area contributed by atoms with Gasteiger partial charge in [-0.1, -0.05) is 29.3 Å². The molecule has 7 nitrogen and oxygen atoms in total. The molecule has 1 unspecified atom stereocenters. The molecule has 2 aromatic rings. The van der Waals surface area contributed by atoms with Crippen molar-refractivity contribution >= 4 is 40.7 Å². The predicted octanol–water partition coefficient (Wildman–Crippen LogP) is 3.14. The third-order valence-corrected chi connectivity index (χ3v) is 6.25. The van der Waals surface area contributed by atoms with E-state index in [1.165, 1.54) is 17.3 Å². The summed E-state index contributed by atoms with van der Waals surface area (Å²) in [7, 11) is 0. The van der Waals surface area contributed by atoms with Crippen LogP contribution in [0, 0.1) is 0 Å². The van der Waals surface area contributed by atoms with Gasteiger partial charge in [-0.05, 0) is 29.8 Å². The number of pyridine rings is 1. The molecule has 0 radical (unpaired) electrons. The second-order valence-corrected chi connectivity index (χ2v) is 8.17. The summed E-state index contributed by atoms with van der Waals surface area (Å²) in [5.41, 5.74) is 1.04. The van der Waals surface area contributed by atoms with Crippen LogP contribution in [0.3, 0.4) is 0 Å². The van der Waals surface area contributed by atoms with E-state index in [1.54, 1.807) is 30.3 Å². The second-order valence-electron chi connectivity index (χ2n) is 7.36. The Bertz CT molecular complexity index is 1020. The normalized spacial score (nSPS) is 21.6. The van der Waals surface area contributed by atoms with Crippen LogP contribution in [0.1, 0.15) is 17.2 Å². The molecule has 2 saturated heterocycles. The van der Waals surface area contributed by atoms with Crippen LogP contribution in [-0.2, 0) is 14.3 Å². The smallest absolute Gasteiger partial charge is 0.295 e. The van der Waals surface area contributed by atoms with Crippen molar-refractivity contribution in [1.29, 1.82) is 0 Å². The van der Waals surface area contributed by atoms with Crippen molar-refractivity contribution in [3.8, 4) is 0 Å². The summed E-state index contributed by atoms with van der Waals surface area (Å²) in [6, 6.07) is 7.36. The topological polar surface area (TPSA) is 83.0 Å². The Morgan fingerprint density at radius 2 is 1.77 bits per heavy atom. The Hall–Kier alpha value is -2.45. The molecule has 31 heavy (non-hydrogen) atoms. The van der Waals surface area contributed by atoms with E-state index in [0.717, 1.165) is 13.1 Å². The zero-order valence-electron chi connectivity index (χ0n) is 16.6. The fraction of sp³-hybridized carbons (Fsp3) is 0.318. The number of hydrogen-bond donors (Lipinski definition) is 1. The lowest BCUT2D eigenvalue weighted by atomic mass is 9.95. The van der Waals surface area contributed by atoms with E-state index < -0.39 is 17.7 Å². The van der Waals surface area contributed by atoms with Gasteiger partial charge in [0.1, 0.15) is 5.76 Å². The molecule has 1 aromatic heterocycles. The summed E-state index contributed by atoms with van der Waals surface area (Å²) in [6.07, 6.45) is 3.02. The van der Waals surface area contributed by atoms with Crippen LogP contribution in [0.25, 0.3) is 5.76 Å². The van der Waals surface area contributed by atoms with Gasteiger partial charge in [0, 0.05) is 44.1 Å². The largest absolute Gasteiger partial charge is 0.507 e. The van der Waals surface area contributed by atoms with Crippen molar-refractivity contribution in [2.24, 2.45) is 0 Å². The molecule has 0 bridgehead atoms. The van der Waals surface area contributed by atoms with Gasteiger partial charge in [0.05, 0.1) is 34.9 Å². The molecule has 2 aliphatic heterocycles. The Balaban J connectivity index is 1.75.